The fourth-order valence-electron chi connectivity index (χ4n) is 9.17. The minimum absolute atomic E-state index is 0. The van der Waals surface area contributed by atoms with Crippen molar-refractivity contribution < 1.29 is 20.1 Å². The Morgan fingerprint density at radius 2 is 1.12 bits per heavy atom. The van der Waals surface area contributed by atoms with Crippen molar-refractivity contribution in [1.29, 1.82) is 0 Å². The first-order valence-corrected chi connectivity index (χ1v) is 22.2. The molecule has 58 heavy (non-hydrogen) atoms. The first-order valence-electron chi connectivity index (χ1n) is 22.2. The van der Waals surface area contributed by atoms with Crippen LogP contribution in [0.3, 0.4) is 0 Å². The maximum Gasteiger partial charge on any atom is 0.165 e. The molecule has 6 aromatic rings. The van der Waals surface area contributed by atoms with Crippen LogP contribution in [0.1, 0.15) is 168 Å². The monoisotopic (exact) mass is 950 g/mol. The molecule has 5 heteroatoms. The second-order valence-corrected chi connectivity index (χ2v) is 18.9. The molecule has 2 aromatic heterocycles. The van der Waals surface area contributed by atoms with Gasteiger partial charge in [-0.05, 0) is 51.2 Å². The van der Waals surface area contributed by atoms with Gasteiger partial charge in [0, 0.05) is 48.1 Å². The Kier molecular flexibility index (Phi) is 14.1. The van der Waals surface area contributed by atoms with Gasteiger partial charge >= 0.3 is 0 Å². The van der Waals surface area contributed by atoms with E-state index in [9.17, 15) is 0 Å². The Morgan fingerprint density at radius 3 is 1.72 bits per heavy atom. The molecule has 1 aliphatic carbocycles. The number of fused-ring (bicyclic) bond motifs is 6. The molecule has 0 saturated carbocycles. The molecule has 7 rings (SSSR count). The normalized spacial score (nSPS) is 13.4. The van der Waals surface area contributed by atoms with Crippen LogP contribution in [-0.4, -0.2) is 19.9 Å². The molecule has 0 spiro atoms. The fourth-order valence-corrected chi connectivity index (χ4v) is 9.17. The van der Waals surface area contributed by atoms with Crippen molar-refractivity contribution in [1.82, 2.24) is 19.9 Å². The molecule has 0 fully saturated rings. The molecule has 0 bridgehead atoms. The first-order chi connectivity index (χ1) is 27.5. The van der Waals surface area contributed by atoms with Gasteiger partial charge < -0.3 is 4.98 Å². The molecule has 307 valence electrons. The molecule has 0 unspecified atom stereocenters. The molecule has 4 nitrogen and oxygen atoms in total. The molecule has 1 radical (unpaired) electrons. The van der Waals surface area contributed by atoms with E-state index < -0.39 is 0 Å². The zero-order valence-electron chi connectivity index (χ0n) is 36.5. The Morgan fingerprint density at radius 1 is 0.569 bits per heavy atom. The third-order valence-corrected chi connectivity index (χ3v) is 12.4. The Balaban J connectivity index is 0.00000567. The second-order valence-electron chi connectivity index (χ2n) is 18.9. The average molecular weight is 950 g/mol. The van der Waals surface area contributed by atoms with Crippen LogP contribution in [0.4, 0.5) is 0 Å². The number of hydrogen-bond acceptors (Lipinski definition) is 4. The Bertz CT molecular complexity index is 2280. The summed E-state index contributed by atoms with van der Waals surface area (Å²) in [5, 5.41) is 4.87. The average Bonchev–Trinajstić information content (AvgIpc) is 3.48. The van der Waals surface area contributed by atoms with Gasteiger partial charge in [-0.2, -0.15) is 0 Å². The van der Waals surface area contributed by atoms with Crippen LogP contribution in [0.25, 0.3) is 55.3 Å². The van der Waals surface area contributed by atoms with Crippen LogP contribution < -0.4 is 0 Å². The number of nitrogens with zero attached hydrogens (tertiary/aromatic N) is 4. The molecule has 0 N–H and O–H groups in total. The van der Waals surface area contributed by atoms with Crippen molar-refractivity contribution in [3.8, 4) is 33.8 Å². The van der Waals surface area contributed by atoms with E-state index in [1.807, 2.05) is 6.20 Å². The summed E-state index contributed by atoms with van der Waals surface area (Å²) in [6.07, 6.45) is 20.0. The smallest absolute Gasteiger partial charge is 0.165 e. The number of unbranched alkanes of at least 4 members (excludes halogenated alkanes) is 10. The predicted octanol–water partition coefficient (Wildman–Crippen LogP) is 15.1. The van der Waals surface area contributed by atoms with Crippen LogP contribution >= 0.6 is 0 Å². The summed E-state index contributed by atoms with van der Waals surface area (Å²) in [6, 6.07) is 31.1. The van der Waals surface area contributed by atoms with Gasteiger partial charge in [0.2, 0.25) is 0 Å². The third kappa shape index (κ3) is 9.02. The minimum atomic E-state index is -0.222. The molecule has 0 amide bonds. The largest absolute Gasteiger partial charge is 0.303 e. The van der Waals surface area contributed by atoms with Gasteiger partial charge in [0.1, 0.15) is 11.6 Å². The maximum atomic E-state index is 5.29. The Hall–Kier alpha value is -3.79. The van der Waals surface area contributed by atoms with Crippen molar-refractivity contribution in [3.63, 3.8) is 0 Å². The van der Waals surface area contributed by atoms with Gasteiger partial charge in [0.15, 0.2) is 5.82 Å². The molecular weight excluding hydrogens is 885 g/mol. The SMILES string of the molecule is CCCCCCCCC1(CCCCCCCC)c2cc(-c3ncc(-c4nc(C(C)(C)C)nc(C(C)(C)C)n4)c4ccccc34)[c-]cc2-c2c1ccc1ccccc21.[Ir]. The summed E-state index contributed by atoms with van der Waals surface area (Å²) < 4.78 is 0. The van der Waals surface area contributed by atoms with E-state index in [2.05, 4.69) is 134 Å². The van der Waals surface area contributed by atoms with Crippen molar-refractivity contribution in [2.45, 2.75) is 162 Å². The number of benzene rings is 4. The van der Waals surface area contributed by atoms with E-state index in [1.165, 1.54) is 123 Å². The topological polar surface area (TPSA) is 51.6 Å². The third-order valence-electron chi connectivity index (χ3n) is 12.4. The van der Waals surface area contributed by atoms with E-state index in [4.69, 9.17) is 19.9 Å². The standard InChI is InChI=1S/C53H65N4.Ir/c1-9-11-13-15-17-23-33-53(34-24-18-16-14-12-10-2)44-32-30-37-25-19-20-26-39(37)46(44)42-31-29-38(35-45(42)53)47-41-28-22-21-27-40(41)43(36-54-47)48-55-49(51(3,4)5)57-50(56-48)52(6,7)8;/h19-22,25-28,30-32,35-36H,9-18,23-24,33-34H2,1-8H3;/q-1;. The minimum Gasteiger partial charge on any atom is -0.303 e. The summed E-state index contributed by atoms with van der Waals surface area (Å²) in [5.41, 5.74) is 8.26. The van der Waals surface area contributed by atoms with Crippen LogP contribution in [0.15, 0.2) is 79.0 Å². The number of pyridine rings is 1. The van der Waals surface area contributed by atoms with Crippen molar-refractivity contribution >= 4 is 21.5 Å². The maximum absolute atomic E-state index is 5.29. The van der Waals surface area contributed by atoms with Crippen molar-refractivity contribution in [2.24, 2.45) is 0 Å². The van der Waals surface area contributed by atoms with E-state index >= 15 is 0 Å². The van der Waals surface area contributed by atoms with Crippen LogP contribution in [-0.2, 0) is 36.4 Å². The second kappa shape index (κ2) is 18.6. The molecule has 0 saturated heterocycles. The molecule has 1 aliphatic rings. The van der Waals surface area contributed by atoms with Gasteiger partial charge in [0.05, 0.1) is 0 Å². The molecular formula is C53H65IrN4-. The summed E-state index contributed by atoms with van der Waals surface area (Å²) in [5.74, 6) is 2.29. The summed E-state index contributed by atoms with van der Waals surface area (Å²) >= 11 is 0. The number of hydrogen-bond donors (Lipinski definition) is 0. The summed E-state index contributed by atoms with van der Waals surface area (Å²) in [7, 11) is 0. The van der Waals surface area contributed by atoms with Crippen molar-refractivity contribution in [2.75, 3.05) is 0 Å². The van der Waals surface area contributed by atoms with Crippen LogP contribution in [0.5, 0.6) is 0 Å². The molecule has 0 aliphatic heterocycles. The zero-order valence-corrected chi connectivity index (χ0v) is 38.9. The Labute approximate surface area is 362 Å². The van der Waals surface area contributed by atoms with Gasteiger partial charge in [-0.1, -0.05) is 199 Å². The summed E-state index contributed by atoms with van der Waals surface area (Å²) in [4.78, 5) is 20.4. The van der Waals surface area contributed by atoms with E-state index in [-0.39, 0.29) is 36.4 Å². The van der Waals surface area contributed by atoms with Gasteiger partial charge in [-0.15, -0.1) is 29.3 Å². The van der Waals surface area contributed by atoms with Crippen LogP contribution in [0, 0.1) is 6.07 Å². The molecule has 0 atom stereocenters. The van der Waals surface area contributed by atoms with E-state index in [0.717, 1.165) is 39.2 Å². The fraction of sp³-hybridized carbons (Fsp3) is 0.472. The number of rotatable bonds is 16. The van der Waals surface area contributed by atoms with Gasteiger partial charge in [-0.3, -0.25) is 0 Å². The van der Waals surface area contributed by atoms with Crippen molar-refractivity contribution in [3.05, 3.63) is 108 Å². The zero-order chi connectivity index (χ0) is 40.2. The summed E-state index contributed by atoms with van der Waals surface area (Å²) in [6.45, 7) is 17.6. The molecule has 4 aromatic carbocycles. The van der Waals surface area contributed by atoms with Gasteiger partial charge in [0.25, 0.3) is 0 Å². The number of aromatic nitrogens is 4. The molecule has 2 heterocycles. The quantitative estimate of drug-likeness (QED) is 0.0716. The van der Waals surface area contributed by atoms with Crippen LogP contribution in [0.2, 0.25) is 0 Å². The predicted molar refractivity (Wildman–Crippen MR) is 242 cm³/mol. The first kappa shape index (κ1) is 43.8. The van der Waals surface area contributed by atoms with E-state index in [1.54, 1.807) is 0 Å². The van der Waals surface area contributed by atoms with E-state index in [0.29, 0.717) is 5.82 Å². The van der Waals surface area contributed by atoms with Gasteiger partial charge in [-0.25, -0.2) is 15.0 Å².